The van der Waals surface area contributed by atoms with Crippen molar-refractivity contribution in [2.75, 3.05) is 31.1 Å². The molecule has 0 saturated carbocycles. The Hall–Kier alpha value is -0.750. The topological polar surface area (TPSA) is 58.6 Å². The molecule has 3 rings (SSSR count). The van der Waals surface area contributed by atoms with Gasteiger partial charge >= 0.3 is 0 Å². The summed E-state index contributed by atoms with van der Waals surface area (Å²) in [6.45, 7) is 10.6. The van der Waals surface area contributed by atoms with E-state index >= 15 is 0 Å². The fraction of sp³-hybridized carbons (Fsp3) is 0.895. The molecule has 0 radical (unpaired) electrons. The summed E-state index contributed by atoms with van der Waals surface area (Å²) in [6, 6.07) is 0. The Balaban J connectivity index is 1.59. The average molecular weight is 369 g/mol. The predicted molar refractivity (Wildman–Crippen MR) is 100 cm³/mol. The van der Waals surface area contributed by atoms with Crippen LogP contribution < -0.4 is 5.32 Å². The number of carbonyl (C=O) groups is 2. The van der Waals surface area contributed by atoms with Gasteiger partial charge < -0.3 is 15.0 Å². The number of hydrogen-bond donors (Lipinski definition) is 1. The summed E-state index contributed by atoms with van der Waals surface area (Å²) in [5.74, 6) is 2.55. The van der Waals surface area contributed by atoms with E-state index in [1.165, 1.54) is 0 Å². The number of ether oxygens (including phenoxy) is 1. The Bertz CT molecular complexity index is 533. The lowest BCUT2D eigenvalue weighted by Gasteiger charge is -2.29. The smallest absolute Gasteiger partial charge is 0.230 e. The number of carbonyl (C=O) groups excluding carboxylic acids is 2. The number of thioether (sulfide) groups is 1. The molecule has 0 aromatic heterocycles. The minimum absolute atomic E-state index is 0.00976. The molecule has 6 heteroatoms. The molecule has 2 amide bonds. The summed E-state index contributed by atoms with van der Waals surface area (Å²) in [5, 5.41) is 3.09. The fourth-order valence-corrected chi connectivity index (χ4v) is 5.19. The Morgan fingerprint density at radius 3 is 2.80 bits per heavy atom. The molecule has 0 unspecified atom stereocenters. The van der Waals surface area contributed by atoms with E-state index in [0.717, 1.165) is 31.7 Å². The van der Waals surface area contributed by atoms with Gasteiger partial charge in [-0.3, -0.25) is 9.59 Å². The third-order valence-electron chi connectivity index (χ3n) is 5.79. The Labute approximate surface area is 155 Å². The van der Waals surface area contributed by atoms with Gasteiger partial charge in [0.1, 0.15) is 0 Å². The maximum atomic E-state index is 12.7. The lowest BCUT2D eigenvalue weighted by atomic mass is 9.73. The first-order chi connectivity index (χ1) is 11.7. The third kappa shape index (κ3) is 4.00. The second-order valence-electron chi connectivity index (χ2n) is 8.98. The summed E-state index contributed by atoms with van der Waals surface area (Å²) in [7, 11) is 0. The number of amides is 2. The summed E-state index contributed by atoms with van der Waals surface area (Å²) in [6.07, 6.45) is 2.94. The molecule has 3 aliphatic heterocycles. The molecule has 3 heterocycles. The van der Waals surface area contributed by atoms with Gasteiger partial charge in [0, 0.05) is 31.3 Å². The molecule has 2 bridgehead atoms. The maximum absolute atomic E-state index is 12.7. The zero-order valence-electron chi connectivity index (χ0n) is 16.0. The van der Waals surface area contributed by atoms with Crippen molar-refractivity contribution in [3.05, 3.63) is 0 Å². The van der Waals surface area contributed by atoms with E-state index in [0.29, 0.717) is 30.6 Å². The van der Waals surface area contributed by atoms with Gasteiger partial charge in [0.2, 0.25) is 11.8 Å². The van der Waals surface area contributed by atoms with E-state index in [1.807, 2.05) is 4.90 Å². The maximum Gasteiger partial charge on any atom is 0.230 e. The zero-order valence-corrected chi connectivity index (χ0v) is 16.8. The van der Waals surface area contributed by atoms with Crippen LogP contribution in [-0.4, -0.2) is 59.6 Å². The van der Waals surface area contributed by atoms with Crippen LogP contribution in [0.3, 0.4) is 0 Å². The first-order valence-corrected chi connectivity index (χ1v) is 10.7. The van der Waals surface area contributed by atoms with E-state index in [2.05, 4.69) is 33.0 Å². The highest BCUT2D eigenvalue weighted by molar-refractivity contribution is 7.99. The molecule has 3 saturated heterocycles. The first kappa shape index (κ1) is 19.0. The van der Waals surface area contributed by atoms with Gasteiger partial charge in [0.25, 0.3) is 0 Å². The van der Waals surface area contributed by atoms with Crippen molar-refractivity contribution in [3.8, 4) is 0 Å². The first-order valence-electron chi connectivity index (χ1n) is 9.54. The quantitative estimate of drug-likeness (QED) is 0.782. The molecule has 0 aromatic rings. The van der Waals surface area contributed by atoms with E-state index in [9.17, 15) is 9.59 Å². The Kier molecular flexibility index (Phi) is 5.41. The summed E-state index contributed by atoms with van der Waals surface area (Å²) in [5.41, 5.74) is -0.137. The van der Waals surface area contributed by atoms with Crippen LogP contribution in [0.4, 0.5) is 0 Å². The van der Waals surface area contributed by atoms with Crippen LogP contribution in [-0.2, 0) is 14.3 Å². The van der Waals surface area contributed by atoms with E-state index in [-0.39, 0.29) is 28.9 Å². The zero-order chi connectivity index (χ0) is 18.2. The van der Waals surface area contributed by atoms with E-state index in [1.54, 1.807) is 11.8 Å². The molecule has 142 valence electrons. The van der Waals surface area contributed by atoms with Crippen LogP contribution in [0, 0.1) is 17.3 Å². The van der Waals surface area contributed by atoms with Crippen LogP contribution in [0.5, 0.6) is 0 Å². The number of nitrogens with one attached hydrogen (secondary N) is 1. The number of hydrogen-bond acceptors (Lipinski definition) is 4. The lowest BCUT2D eigenvalue weighted by Crippen LogP contribution is -2.42. The highest BCUT2D eigenvalue weighted by Gasteiger charge is 2.63. The van der Waals surface area contributed by atoms with Crippen molar-refractivity contribution in [2.45, 2.75) is 58.7 Å². The molecule has 4 atom stereocenters. The predicted octanol–water partition coefficient (Wildman–Crippen LogP) is 2.30. The molecular formula is C19H32N2O3S. The number of rotatable bonds is 6. The van der Waals surface area contributed by atoms with Crippen LogP contribution in [0.1, 0.15) is 47.0 Å². The van der Waals surface area contributed by atoms with Gasteiger partial charge in [-0.1, -0.05) is 27.7 Å². The summed E-state index contributed by atoms with van der Waals surface area (Å²) < 4.78 is 6.37. The van der Waals surface area contributed by atoms with Crippen molar-refractivity contribution in [1.29, 1.82) is 0 Å². The Morgan fingerprint density at radius 1 is 1.36 bits per heavy atom. The number of fused-ring (bicyclic) bond motifs is 1. The third-order valence-corrected chi connectivity index (χ3v) is 6.66. The molecular weight excluding hydrogens is 336 g/mol. The monoisotopic (exact) mass is 368 g/mol. The van der Waals surface area contributed by atoms with Crippen molar-refractivity contribution >= 4 is 23.6 Å². The average Bonchev–Trinajstić information content (AvgIpc) is 3.17. The Morgan fingerprint density at radius 2 is 2.12 bits per heavy atom. The molecule has 25 heavy (non-hydrogen) atoms. The molecule has 1 spiro atoms. The normalized spacial score (nSPS) is 33.6. The van der Waals surface area contributed by atoms with Crippen LogP contribution in [0.15, 0.2) is 0 Å². The second-order valence-corrected chi connectivity index (χ2v) is 10.3. The van der Waals surface area contributed by atoms with E-state index < -0.39 is 0 Å². The fourth-order valence-electron chi connectivity index (χ4n) is 4.70. The molecule has 0 aromatic carbocycles. The van der Waals surface area contributed by atoms with Gasteiger partial charge in [-0.2, -0.15) is 11.8 Å². The van der Waals surface area contributed by atoms with Crippen molar-refractivity contribution in [1.82, 2.24) is 10.2 Å². The van der Waals surface area contributed by atoms with Crippen molar-refractivity contribution in [3.63, 3.8) is 0 Å². The van der Waals surface area contributed by atoms with Crippen molar-refractivity contribution in [2.24, 2.45) is 17.3 Å². The molecule has 0 aliphatic carbocycles. The number of likely N-dealkylation sites (tertiary alicyclic amines) is 1. The molecule has 3 fully saturated rings. The van der Waals surface area contributed by atoms with Gasteiger partial charge in [-0.05, 0) is 24.0 Å². The molecule has 1 N–H and O–H groups in total. The standard InChI is InChI=1S/C19H32N2O3S/c1-5-25-11-16(22)20-9-13-14-10-21(17(23)8-18(2,3)4)12-19(14)7-6-15(13)24-19/h13-15H,5-12H2,1-4H3,(H,20,22)/t13-,14+,15+,19+/m0/s1. The summed E-state index contributed by atoms with van der Waals surface area (Å²) >= 11 is 1.65. The minimum Gasteiger partial charge on any atom is -0.369 e. The minimum atomic E-state index is -0.147. The highest BCUT2D eigenvalue weighted by Crippen LogP contribution is 2.54. The lowest BCUT2D eigenvalue weighted by molar-refractivity contribution is -0.133. The van der Waals surface area contributed by atoms with Gasteiger partial charge in [0.15, 0.2) is 0 Å². The van der Waals surface area contributed by atoms with E-state index in [4.69, 9.17) is 4.74 Å². The van der Waals surface area contributed by atoms with Gasteiger partial charge in [-0.15, -0.1) is 0 Å². The molecule has 5 nitrogen and oxygen atoms in total. The largest absolute Gasteiger partial charge is 0.369 e. The second kappa shape index (κ2) is 7.10. The SMILES string of the molecule is CCSCC(=O)NC[C@H]1[C@H]2CN(C(=O)CC(C)(C)C)C[C@]23CC[C@H]1O3. The summed E-state index contributed by atoms with van der Waals surface area (Å²) in [4.78, 5) is 26.6. The van der Waals surface area contributed by atoms with Crippen LogP contribution in [0.2, 0.25) is 0 Å². The van der Waals surface area contributed by atoms with Crippen LogP contribution >= 0.6 is 11.8 Å². The van der Waals surface area contributed by atoms with Gasteiger partial charge in [-0.25, -0.2) is 0 Å². The number of nitrogens with zero attached hydrogens (tertiary/aromatic N) is 1. The van der Waals surface area contributed by atoms with Crippen LogP contribution in [0.25, 0.3) is 0 Å². The van der Waals surface area contributed by atoms with Gasteiger partial charge in [0.05, 0.1) is 24.0 Å². The molecule has 3 aliphatic rings. The highest BCUT2D eigenvalue weighted by atomic mass is 32.2. The van der Waals surface area contributed by atoms with Crippen molar-refractivity contribution < 1.29 is 14.3 Å².